The lowest BCUT2D eigenvalue weighted by Crippen LogP contribution is -2.29. The SMILES string of the molecule is Cc1ccc(NC(=O)Nc2cccc(NS(=O)(=O)c3c[nH]c(=O)[nH]c3=O)c2)cc1. The van der Waals surface area contributed by atoms with Gasteiger partial charge in [-0.25, -0.2) is 18.0 Å². The standard InChI is InChI=1S/C18H17N5O5S/c1-11-5-7-12(8-6-11)20-18(26)21-13-3-2-4-14(9-13)23-29(27,28)15-10-19-17(25)22-16(15)24/h2-10,23H,1H3,(H2,20,21,26)(H2,19,22,24,25). The Labute approximate surface area is 165 Å². The predicted molar refractivity (Wildman–Crippen MR) is 109 cm³/mol. The number of anilines is 3. The van der Waals surface area contributed by atoms with E-state index < -0.39 is 32.2 Å². The highest BCUT2D eigenvalue weighted by Gasteiger charge is 2.19. The van der Waals surface area contributed by atoms with Gasteiger partial charge in [0.25, 0.3) is 15.6 Å². The fourth-order valence-corrected chi connectivity index (χ4v) is 3.45. The van der Waals surface area contributed by atoms with Crippen LogP contribution in [0.5, 0.6) is 0 Å². The van der Waals surface area contributed by atoms with E-state index in [0.717, 1.165) is 11.8 Å². The molecule has 0 spiro atoms. The lowest BCUT2D eigenvalue weighted by molar-refractivity contribution is 0.262. The Hall–Kier alpha value is -3.86. The summed E-state index contributed by atoms with van der Waals surface area (Å²) in [5.41, 5.74) is 0.223. The third kappa shape index (κ3) is 5.11. The molecule has 0 saturated carbocycles. The maximum absolute atomic E-state index is 12.4. The molecule has 1 heterocycles. The minimum atomic E-state index is -4.25. The largest absolute Gasteiger partial charge is 0.325 e. The van der Waals surface area contributed by atoms with Crippen molar-refractivity contribution in [2.45, 2.75) is 11.8 Å². The average molecular weight is 415 g/mol. The number of sulfonamides is 1. The quantitative estimate of drug-likeness (QED) is 0.430. The number of nitrogens with one attached hydrogen (secondary N) is 5. The van der Waals surface area contributed by atoms with Crippen LogP contribution in [-0.4, -0.2) is 24.4 Å². The minimum Gasteiger partial charge on any atom is -0.313 e. The first kappa shape index (κ1) is 19.9. The number of aryl methyl sites for hydroxylation is 1. The first-order valence-corrected chi connectivity index (χ1v) is 9.81. The molecule has 2 aromatic carbocycles. The molecular formula is C18H17N5O5S. The number of aromatic nitrogens is 2. The number of benzene rings is 2. The molecule has 5 N–H and O–H groups in total. The summed E-state index contributed by atoms with van der Waals surface area (Å²) in [5, 5.41) is 5.25. The molecule has 29 heavy (non-hydrogen) atoms. The monoisotopic (exact) mass is 415 g/mol. The zero-order valence-corrected chi connectivity index (χ0v) is 16.0. The molecule has 1 aromatic heterocycles. The van der Waals surface area contributed by atoms with Gasteiger partial charge in [-0.2, -0.15) is 0 Å². The van der Waals surface area contributed by atoms with Crippen molar-refractivity contribution in [1.29, 1.82) is 0 Å². The van der Waals surface area contributed by atoms with Crippen molar-refractivity contribution in [3.63, 3.8) is 0 Å². The molecule has 0 aliphatic carbocycles. The van der Waals surface area contributed by atoms with E-state index >= 15 is 0 Å². The third-order valence-corrected chi connectivity index (χ3v) is 5.14. The van der Waals surface area contributed by atoms with Gasteiger partial charge in [-0.15, -0.1) is 0 Å². The van der Waals surface area contributed by atoms with E-state index in [1.54, 1.807) is 18.2 Å². The van der Waals surface area contributed by atoms with Gasteiger partial charge in [0.1, 0.15) is 0 Å². The molecule has 2 amide bonds. The number of H-pyrrole nitrogens is 2. The maximum Gasteiger partial charge on any atom is 0.325 e. The number of hydrogen-bond donors (Lipinski definition) is 5. The number of aromatic amines is 2. The van der Waals surface area contributed by atoms with Crippen LogP contribution in [0.25, 0.3) is 0 Å². The minimum absolute atomic E-state index is 0.115. The zero-order valence-electron chi connectivity index (χ0n) is 15.1. The topological polar surface area (TPSA) is 153 Å². The van der Waals surface area contributed by atoms with Crippen molar-refractivity contribution in [3.8, 4) is 0 Å². The Bertz CT molecular complexity index is 1260. The van der Waals surface area contributed by atoms with Crippen molar-refractivity contribution in [3.05, 3.63) is 81.1 Å². The second-order valence-electron chi connectivity index (χ2n) is 6.07. The van der Waals surface area contributed by atoms with Gasteiger partial charge in [0.15, 0.2) is 4.90 Å². The maximum atomic E-state index is 12.4. The summed E-state index contributed by atoms with van der Waals surface area (Å²) >= 11 is 0. The van der Waals surface area contributed by atoms with Gasteiger partial charge in [0, 0.05) is 17.6 Å². The smallest absolute Gasteiger partial charge is 0.313 e. The van der Waals surface area contributed by atoms with Crippen LogP contribution >= 0.6 is 0 Å². The third-order valence-electron chi connectivity index (χ3n) is 3.76. The Morgan fingerprint density at radius 3 is 2.28 bits per heavy atom. The van der Waals surface area contributed by atoms with Crippen LogP contribution in [0, 0.1) is 6.92 Å². The van der Waals surface area contributed by atoms with Crippen LogP contribution in [0.15, 0.2) is 69.2 Å². The summed E-state index contributed by atoms with van der Waals surface area (Å²) in [6.07, 6.45) is 0.806. The van der Waals surface area contributed by atoms with E-state index in [2.05, 4.69) is 20.3 Å². The van der Waals surface area contributed by atoms with Crippen molar-refractivity contribution >= 4 is 33.1 Å². The summed E-state index contributed by atoms with van der Waals surface area (Å²) in [5.74, 6) is 0. The number of rotatable bonds is 5. The lowest BCUT2D eigenvalue weighted by Gasteiger charge is -2.11. The number of urea groups is 1. The van der Waals surface area contributed by atoms with Gasteiger partial charge in [-0.05, 0) is 37.3 Å². The van der Waals surface area contributed by atoms with Gasteiger partial charge >= 0.3 is 11.7 Å². The van der Waals surface area contributed by atoms with Crippen LogP contribution in [0.3, 0.4) is 0 Å². The van der Waals surface area contributed by atoms with Crippen molar-refractivity contribution < 1.29 is 13.2 Å². The molecule has 3 rings (SSSR count). The van der Waals surface area contributed by atoms with Gasteiger partial charge in [-0.1, -0.05) is 23.8 Å². The number of hydrogen-bond acceptors (Lipinski definition) is 5. The Morgan fingerprint density at radius 1 is 0.931 bits per heavy atom. The molecule has 0 bridgehead atoms. The van der Waals surface area contributed by atoms with Gasteiger partial charge < -0.3 is 15.6 Å². The summed E-state index contributed by atoms with van der Waals surface area (Å²) in [6, 6.07) is 12.6. The molecule has 0 fully saturated rings. The normalized spacial score (nSPS) is 10.9. The van der Waals surface area contributed by atoms with E-state index in [1.807, 2.05) is 24.0 Å². The fraction of sp³-hybridized carbons (Fsp3) is 0.0556. The van der Waals surface area contributed by atoms with Crippen LogP contribution in [0.2, 0.25) is 0 Å². The second-order valence-corrected chi connectivity index (χ2v) is 7.72. The molecule has 0 saturated heterocycles. The van der Waals surface area contributed by atoms with E-state index in [1.165, 1.54) is 18.2 Å². The highest BCUT2D eigenvalue weighted by Crippen LogP contribution is 2.18. The van der Waals surface area contributed by atoms with Crippen LogP contribution in [0.1, 0.15) is 5.56 Å². The molecule has 3 aromatic rings. The second kappa shape index (κ2) is 8.02. The van der Waals surface area contributed by atoms with Gasteiger partial charge in [0.2, 0.25) is 0 Å². The predicted octanol–water partition coefficient (Wildman–Crippen LogP) is 1.82. The first-order valence-electron chi connectivity index (χ1n) is 8.32. The molecule has 10 nitrogen and oxygen atoms in total. The Balaban J connectivity index is 1.73. The van der Waals surface area contributed by atoms with E-state index in [-0.39, 0.29) is 5.69 Å². The summed E-state index contributed by atoms with van der Waals surface area (Å²) in [4.78, 5) is 38.2. The molecule has 0 aliphatic heterocycles. The van der Waals surface area contributed by atoms with E-state index in [9.17, 15) is 22.8 Å². The first-order chi connectivity index (χ1) is 13.7. The molecular weight excluding hydrogens is 398 g/mol. The number of carbonyl (C=O) groups is 1. The van der Waals surface area contributed by atoms with Gasteiger partial charge in [0.05, 0.1) is 5.69 Å². The van der Waals surface area contributed by atoms with Crippen molar-refractivity contribution in [1.82, 2.24) is 9.97 Å². The highest BCUT2D eigenvalue weighted by molar-refractivity contribution is 7.92. The van der Waals surface area contributed by atoms with Crippen LogP contribution < -0.4 is 26.6 Å². The molecule has 11 heteroatoms. The average Bonchev–Trinajstić information content (AvgIpc) is 2.63. The molecule has 0 radical (unpaired) electrons. The number of carbonyl (C=O) groups excluding carboxylic acids is 1. The molecule has 0 atom stereocenters. The lowest BCUT2D eigenvalue weighted by atomic mass is 10.2. The summed E-state index contributed by atoms with van der Waals surface area (Å²) in [6.45, 7) is 1.93. The summed E-state index contributed by atoms with van der Waals surface area (Å²) < 4.78 is 27.0. The molecule has 0 unspecified atom stereocenters. The highest BCUT2D eigenvalue weighted by atomic mass is 32.2. The van der Waals surface area contributed by atoms with Crippen molar-refractivity contribution in [2.24, 2.45) is 0 Å². The molecule has 150 valence electrons. The molecule has 0 aliphatic rings. The van der Waals surface area contributed by atoms with Crippen LogP contribution in [-0.2, 0) is 10.0 Å². The number of amides is 2. The van der Waals surface area contributed by atoms with Crippen LogP contribution in [0.4, 0.5) is 21.9 Å². The zero-order chi connectivity index (χ0) is 21.0. The van der Waals surface area contributed by atoms with E-state index in [4.69, 9.17) is 0 Å². The Morgan fingerprint density at radius 2 is 1.59 bits per heavy atom. The fourth-order valence-electron chi connectivity index (χ4n) is 2.40. The van der Waals surface area contributed by atoms with Crippen molar-refractivity contribution in [2.75, 3.05) is 15.4 Å². The summed E-state index contributed by atoms with van der Waals surface area (Å²) in [7, 11) is -4.25. The van der Waals surface area contributed by atoms with Gasteiger partial charge in [-0.3, -0.25) is 14.5 Å². The Kier molecular flexibility index (Phi) is 5.50. The van der Waals surface area contributed by atoms with E-state index in [0.29, 0.717) is 11.4 Å².